The molecule has 0 spiro atoms. The van der Waals surface area contributed by atoms with Gasteiger partial charge in [0.1, 0.15) is 6.54 Å². The molecule has 0 bridgehead atoms. The first-order valence-corrected chi connectivity index (χ1v) is 8.73. The Hall–Kier alpha value is -2.57. The Bertz CT molecular complexity index is 591. The monoisotopic (exact) mass is 347 g/mol. The highest BCUT2D eigenvalue weighted by molar-refractivity contribution is 6.01. The summed E-state index contributed by atoms with van der Waals surface area (Å²) in [5.74, 6) is -0.388. The average molecular weight is 347 g/mol. The van der Waals surface area contributed by atoms with Crippen LogP contribution in [0.1, 0.15) is 44.6 Å². The molecule has 1 aliphatic rings. The van der Waals surface area contributed by atoms with Gasteiger partial charge in [0, 0.05) is 6.54 Å². The third kappa shape index (κ3) is 5.77. The highest BCUT2D eigenvalue weighted by Crippen LogP contribution is 2.15. The number of nitrogens with one attached hydrogen (secondary N) is 1. The van der Waals surface area contributed by atoms with Crippen LogP contribution < -0.4 is 5.32 Å². The Morgan fingerprint density at radius 2 is 1.84 bits per heavy atom. The highest BCUT2D eigenvalue weighted by Gasteiger charge is 2.38. The van der Waals surface area contributed by atoms with E-state index in [1.165, 1.54) is 12.8 Å². The number of hydroxylamine groups is 2. The number of unbranched alkanes of at least 4 members (excludes halogenated alkanes) is 4. The van der Waals surface area contributed by atoms with Gasteiger partial charge in [-0.2, -0.15) is 0 Å². The maximum Gasteiger partial charge on any atom is 0.431 e. The molecule has 4 amide bonds. The van der Waals surface area contributed by atoms with Crippen molar-refractivity contribution >= 4 is 18.0 Å². The zero-order valence-corrected chi connectivity index (χ0v) is 14.6. The van der Waals surface area contributed by atoms with Gasteiger partial charge >= 0.3 is 12.1 Å². The van der Waals surface area contributed by atoms with E-state index in [2.05, 4.69) is 12.2 Å². The molecule has 0 atom stereocenters. The molecule has 1 fully saturated rings. The first-order valence-electron chi connectivity index (χ1n) is 8.73. The zero-order valence-electron chi connectivity index (χ0n) is 14.6. The van der Waals surface area contributed by atoms with Gasteiger partial charge in [0.2, 0.25) is 0 Å². The molecular weight excluding hydrogens is 322 g/mol. The minimum atomic E-state index is -0.710. The molecule has 136 valence electrons. The molecule has 0 aliphatic carbocycles. The topological polar surface area (TPSA) is 79.0 Å². The van der Waals surface area contributed by atoms with Crippen molar-refractivity contribution in [2.45, 2.75) is 45.6 Å². The number of nitrogens with zero attached hydrogens (tertiary/aromatic N) is 2. The predicted molar refractivity (Wildman–Crippen MR) is 92.3 cm³/mol. The van der Waals surface area contributed by atoms with Gasteiger partial charge in [-0.05, 0) is 12.0 Å². The summed E-state index contributed by atoms with van der Waals surface area (Å²) >= 11 is 0. The quantitative estimate of drug-likeness (QED) is 0.550. The average Bonchev–Trinajstić information content (AvgIpc) is 2.86. The third-order valence-electron chi connectivity index (χ3n) is 3.95. The van der Waals surface area contributed by atoms with Crippen molar-refractivity contribution in [1.82, 2.24) is 15.3 Å². The number of imide groups is 1. The fourth-order valence-corrected chi connectivity index (χ4v) is 2.56. The molecule has 25 heavy (non-hydrogen) atoms. The van der Waals surface area contributed by atoms with E-state index < -0.39 is 12.1 Å². The van der Waals surface area contributed by atoms with Gasteiger partial charge < -0.3 is 10.2 Å². The molecular formula is C18H25N3O4. The molecule has 0 unspecified atom stereocenters. The van der Waals surface area contributed by atoms with Crippen LogP contribution in [0.3, 0.4) is 0 Å². The molecule has 0 radical (unpaired) electrons. The van der Waals surface area contributed by atoms with Gasteiger partial charge in [0.15, 0.2) is 0 Å². The fraction of sp³-hybridized carbons (Fsp3) is 0.500. The number of amides is 4. The molecule has 7 heteroatoms. The van der Waals surface area contributed by atoms with Crippen molar-refractivity contribution in [1.29, 1.82) is 0 Å². The van der Waals surface area contributed by atoms with Gasteiger partial charge in [-0.1, -0.05) is 62.9 Å². The largest absolute Gasteiger partial charge is 0.431 e. The summed E-state index contributed by atoms with van der Waals surface area (Å²) in [6.45, 7) is 2.55. The van der Waals surface area contributed by atoms with Crippen LogP contribution in [0.4, 0.5) is 9.59 Å². The van der Waals surface area contributed by atoms with Gasteiger partial charge in [-0.3, -0.25) is 9.69 Å². The van der Waals surface area contributed by atoms with Gasteiger partial charge in [-0.25, -0.2) is 9.59 Å². The lowest BCUT2D eigenvalue weighted by atomic mass is 10.1. The summed E-state index contributed by atoms with van der Waals surface area (Å²) in [6.07, 6.45) is 4.69. The Labute approximate surface area is 147 Å². The van der Waals surface area contributed by atoms with Crippen LogP contribution in [0.5, 0.6) is 0 Å². The van der Waals surface area contributed by atoms with Crippen molar-refractivity contribution in [2.24, 2.45) is 0 Å². The second-order valence-electron chi connectivity index (χ2n) is 6.00. The van der Waals surface area contributed by atoms with Gasteiger partial charge in [0.25, 0.3) is 5.91 Å². The lowest BCUT2D eigenvalue weighted by Crippen LogP contribution is -2.37. The molecule has 1 N–H and O–H groups in total. The van der Waals surface area contributed by atoms with Crippen molar-refractivity contribution in [3.8, 4) is 0 Å². The van der Waals surface area contributed by atoms with E-state index in [4.69, 9.17) is 4.84 Å². The SMILES string of the molecule is CCCCCCCNC(=O)ON1CC(=O)N(Cc2ccccc2)C1=O. The molecule has 0 aromatic heterocycles. The molecule has 1 heterocycles. The van der Waals surface area contributed by atoms with Crippen molar-refractivity contribution < 1.29 is 19.2 Å². The van der Waals surface area contributed by atoms with Crippen molar-refractivity contribution in [2.75, 3.05) is 13.1 Å². The van der Waals surface area contributed by atoms with E-state index in [1.807, 2.05) is 30.3 Å². The van der Waals surface area contributed by atoms with Crippen LogP contribution in [0.15, 0.2) is 30.3 Å². The van der Waals surface area contributed by atoms with Crippen LogP contribution in [-0.2, 0) is 16.2 Å². The number of carbonyl (C=O) groups excluding carboxylic acids is 3. The maximum atomic E-state index is 12.2. The summed E-state index contributed by atoms with van der Waals surface area (Å²) in [5, 5.41) is 3.40. The van der Waals surface area contributed by atoms with E-state index >= 15 is 0 Å². The van der Waals surface area contributed by atoms with Crippen LogP contribution in [-0.4, -0.2) is 41.1 Å². The summed E-state index contributed by atoms with van der Waals surface area (Å²) in [7, 11) is 0. The van der Waals surface area contributed by atoms with Crippen LogP contribution in [0.25, 0.3) is 0 Å². The Balaban J connectivity index is 1.74. The van der Waals surface area contributed by atoms with Crippen molar-refractivity contribution in [3.63, 3.8) is 0 Å². The summed E-state index contributed by atoms with van der Waals surface area (Å²) < 4.78 is 0. The van der Waals surface area contributed by atoms with Crippen LogP contribution in [0.2, 0.25) is 0 Å². The van der Waals surface area contributed by atoms with E-state index in [0.29, 0.717) is 6.54 Å². The normalized spacial score (nSPS) is 14.1. The molecule has 7 nitrogen and oxygen atoms in total. The second-order valence-corrected chi connectivity index (χ2v) is 6.00. The van der Waals surface area contributed by atoms with E-state index in [0.717, 1.165) is 34.8 Å². The molecule has 1 saturated heterocycles. The van der Waals surface area contributed by atoms with Gasteiger partial charge in [-0.15, -0.1) is 5.06 Å². The summed E-state index contributed by atoms with van der Waals surface area (Å²) in [4.78, 5) is 42.0. The van der Waals surface area contributed by atoms with Crippen LogP contribution >= 0.6 is 0 Å². The Morgan fingerprint density at radius 1 is 1.12 bits per heavy atom. The first-order chi connectivity index (χ1) is 12.1. The first kappa shape index (κ1) is 18.8. The standard InChI is InChI=1S/C18H25N3O4/c1-2-3-4-5-9-12-19-17(23)25-21-14-16(22)20(18(21)24)13-15-10-7-6-8-11-15/h6-8,10-11H,2-5,9,12-14H2,1H3,(H,19,23). The number of rotatable bonds is 9. The minimum Gasteiger partial charge on any atom is -0.320 e. The lowest BCUT2D eigenvalue weighted by molar-refractivity contribution is -0.127. The maximum absolute atomic E-state index is 12.2. The van der Waals surface area contributed by atoms with E-state index in [-0.39, 0.29) is 19.0 Å². The number of urea groups is 1. The highest BCUT2D eigenvalue weighted by atomic mass is 16.7. The van der Waals surface area contributed by atoms with Crippen molar-refractivity contribution in [3.05, 3.63) is 35.9 Å². The smallest absolute Gasteiger partial charge is 0.320 e. The molecule has 1 aromatic carbocycles. The second kappa shape index (κ2) is 9.66. The fourth-order valence-electron chi connectivity index (χ4n) is 2.56. The van der Waals surface area contributed by atoms with Gasteiger partial charge in [0.05, 0.1) is 6.54 Å². The van der Waals surface area contributed by atoms with E-state index in [9.17, 15) is 14.4 Å². The number of carbonyl (C=O) groups is 3. The zero-order chi connectivity index (χ0) is 18.1. The predicted octanol–water partition coefficient (Wildman–Crippen LogP) is 3.06. The Kier molecular flexibility index (Phi) is 7.25. The molecule has 0 saturated carbocycles. The van der Waals surface area contributed by atoms with Crippen LogP contribution in [0, 0.1) is 0 Å². The molecule has 2 rings (SSSR count). The molecule has 1 aliphatic heterocycles. The lowest BCUT2D eigenvalue weighted by Gasteiger charge is -2.16. The summed E-state index contributed by atoms with van der Waals surface area (Å²) in [6, 6.07) is 8.57. The summed E-state index contributed by atoms with van der Waals surface area (Å²) in [5.41, 5.74) is 0.836. The molecule has 1 aromatic rings. The number of hydrogen-bond acceptors (Lipinski definition) is 4. The number of hydrogen-bond donors (Lipinski definition) is 1. The third-order valence-corrected chi connectivity index (χ3v) is 3.95. The Morgan fingerprint density at radius 3 is 2.56 bits per heavy atom. The number of benzene rings is 1. The minimum absolute atomic E-state index is 0.164. The van der Waals surface area contributed by atoms with E-state index in [1.54, 1.807) is 0 Å².